The lowest BCUT2D eigenvalue weighted by atomic mass is 10.2. The third-order valence-corrected chi connectivity index (χ3v) is 4.04. The first kappa shape index (κ1) is 13.4. The molecule has 1 aromatic carbocycles. The van der Waals surface area contributed by atoms with Gasteiger partial charge in [0.25, 0.3) is 10.0 Å². The molecule has 0 amide bonds. The number of anilines is 2. The Morgan fingerprint density at radius 2 is 2.16 bits per heavy atom. The summed E-state index contributed by atoms with van der Waals surface area (Å²) in [7, 11) is -3.64. The van der Waals surface area contributed by atoms with Crippen LogP contribution in [0.25, 0.3) is 0 Å². The summed E-state index contributed by atoms with van der Waals surface area (Å²) < 4.78 is 26.7. The number of nitrogens with zero attached hydrogens (tertiary/aromatic N) is 1. The van der Waals surface area contributed by atoms with Gasteiger partial charge in [-0.2, -0.15) is 8.42 Å². The van der Waals surface area contributed by atoms with Gasteiger partial charge in [0.05, 0.1) is 6.20 Å². The molecule has 102 valence electrons. The van der Waals surface area contributed by atoms with Gasteiger partial charge in [0, 0.05) is 17.8 Å². The number of aryl methyl sites for hydroxylation is 2. The van der Waals surface area contributed by atoms with Gasteiger partial charge in [0.2, 0.25) is 0 Å². The molecule has 0 bridgehead atoms. The quantitative estimate of drug-likeness (QED) is 0.741. The Bertz CT molecular complexity index is 692. The Hall–Kier alpha value is -2.02. The molecule has 1 aromatic heterocycles. The number of sulfonamides is 1. The summed E-state index contributed by atoms with van der Waals surface area (Å²) in [5.41, 5.74) is 7.60. The first-order valence-corrected chi connectivity index (χ1v) is 7.33. The SMILES string of the molecule is CCc1ncc(S(=O)(=O)Nc2ccc(N)c(C)c2)[nH]1. The highest BCUT2D eigenvalue weighted by molar-refractivity contribution is 7.92. The lowest BCUT2D eigenvalue weighted by molar-refractivity contribution is 0.598. The number of aromatic amines is 1. The van der Waals surface area contributed by atoms with Crippen LogP contribution in [0.4, 0.5) is 11.4 Å². The standard InChI is InChI=1S/C12H16N4O2S/c1-3-11-14-7-12(15-11)19(17,18)16-9-4-5-10(13)8(2)6-9/h4-7,16H,3,13H2,1-2H3,(H,14,15). The fourth-order valence-corrected chi connectivity index (χ4v) is 2.60. The molecule has 0 atom stereocenters. The first-order valence-electron chi connectivity index (χ1n) is 5.85. The van der Waals surface area contributed by atoms with Crippen molar-refractivity contribution in [2.24, 2.45) is 0 Å². The molecule has 1 heterocycles. The molecule has 0 aliphatic rings. The minimum absolute atomic E-state index is 0.0545. The molecule has 19 heavy (non-hydrogen) atoms. The number of rotatable bonds is 4. The second-order valence-electron chi connectivity index (χ2n) is 4.22. The summed E-state index contributed by atoms with van der Waals surface area (Å²) in [6, 6.07) is 4.97. The molecule has 0 spiro atoms. The zero-order valence-electron chi connectivity index (χ0n) is 10.8. The maximum absolute atomic E-state index is 12.1. The Labute approximate surface area is 112 Å². The Morgan fingerprint density at radius 3 is 2.74 bits per heavy atom. The maximum atomic E-state index is 12.1. The Kier molecular flexibility index (Phi) is 3.48. The van der Waals surface area contributed by atoms with Gasteiger partial charge in [0.1, 0.15) is 5.82 Å². The fraction of sp³-hybridized carbons (Fsp3) is 0.250. The number of aromatic nitrogens is 2. The molecule has 2 rings (SSSR count). The highest BCUT2D eigenvalue weighted by Gasteiger charge is 2.17. The van der Waals surface area contributed by atoms with E-state index in [1.165, 1.54) is 6.20 Å². The Morgan fingerprint density at radius 1 is 1.42 bits per heavy atom. The highest BCUT2D eigenvalue weighted by atomic mass is 32.2. The van der Waals surface area contributed by atoms with E-state index in [4.69, 9.17) is 5.73 Å². The molecule has 4 N–H and O–H groups in total. The van der Waals surface area contributed by atoms with E-state index in [2.05, 4.69) is 14.7 Å². The van der Waals surface area contributed by atoms with E-state index in [1.807, 2.05) is 13.8 Å². The number of imidazole rings is 1. The third-order valence-electron chi connectivity index (χ3n) is 2.75. The molecule has 0 radical (unpaired) electrons. The molecule has 6 nitrogen and oxygen atoms in total. The summed E-state index contributed by atoms with van der Waals surface area (Å²) in [5, 5.41) is 0.0545. The maximum Gasteiger partial charge on any atom is 0.278 e. The summed E-state index contributed by atoms with van der Waals surface area (Å²) in [4.78, 5) is 6.74. The second kappa shape index (κ2) is 4.93. The first-order chi connectivity index (χ1) is 8.92. The van der Waals surface area contributed by atoms with Gasteiger partial charge in [-0.25, -0.2) is 4.98 Å². The van der Waals surface area contributed by atoms with Crippen molar-refractivity contribution in [1.82, 2.24) is 9.97 Å². The van der Waals surface area contributed by atoms with E-state index in [9.17, 15) is 8.42 Å². The zero-order chi connectivity index (χ0) is 14.0. The summed E-state index contributed by atoms with van der Waals surface area (Å²) in [6.45, 7) is 3.71. The van der Waals surface area contributed by atoms with Crippen molar-refractivity contribution < 1.29 is 8.42 Å². The highest BCUT2D eigenvalue weighted by Crippen LogP contribution is 2.19. The monoisotopic (exact) mass is 280 g/mol. The molecule has 0 saturated heterocycles. The van der Waals surface area contributed by atoms with Crippen LogP contribution in [0.1, 0.15) is 18.3 Å². The van der Waals surface area contributed by atoms with E-state index in [1.54, 1.807) is 18.2 Å². The lowest BCUT2D eigenvalue weighted by Gasteiger charge is -2.08. The number of hydrogen-bond acceptors (Lipinski definition) is 4. The normalized spacial score (nSPS) is 11.5. The van der Waals surface area contributed by atoms with E-state index in [0.717, 1.165) is 5.56 Å². The predicted molar refractivity (Wildman–Crippen MR) is 74.4 cm³/mol. The topological polar surface area (TPSA) is 101 Å². The van der Waals surface area contributed by atoms with Gasteiger partial charge < -0.3 is 10.7 Å². The van der Waals surface area contributed by atoms with Crippen molar-refractivity contribution in [3.05, 3.63) is 35.8 Å². The average molecular weight is 280 g/mol. The van der Waals surface area contributed by atoms with Crippen molar-refractivity contribution in [2.45, 2.75) is 25.3 Å². The van der Waals surface area contributed by atoms with Crippen LogP contribution in [0.2, 0.25) is 0 Å². The van der Waals surface area contributed by atoms with Crippen LogP contribution < -0.4 is 10.5 Å². The fourth-order valence-electron chi connectivity index (χ4n) is 1.61. The van der Waals surface area contributed by atoms with Crippen LogP contribution in [0.3, 0.4) is 0 Å². The number of nitrogens with one attached hydrogen (secondary N) is 2. The molecule has 2 aromatic rings. The van der Waals surface area contributed by atoms with E-state index in [-0.39, 0.29) is 5.03 Å². The molecule has 0 unspecified atom stereocenters. The van der Waals surface area contributed by atoms with Crippen LogP contribution in [-0.2, 0) is 16.4 Å². The van der Waals surface area contributed by atoms with Crippen molar-refractivity contribution >= 4 is 21.4 Å². The van der Waals surface area contributed by atoms with Crippen LogP contribution >= 0.6 is 0 Å². The molecule has 0 saturated carbocycles. The lowest BCUT2D eigenvalue weighted by Crippen LogP contribution is -2.13. The van der Waals surface area contributed by atoms with Gasteiger partial charge in [-0.3, -0.25) is 4.72 Å². The van der Waals surface area contributed by atoms with Crippen molar-refractivity contribution in [3.8, 4) is 0 Å². The molecule has 0 fully saturated rings. The van der Waals surface area contributed by atoms with Crippen LogP contribution in [-0.4, -0.2) is 18.4 Å². The van der Waals surface area contributed by atoms with E-state index >= 15 is 0 Å². The number of H-pyrrole nitrogens is 1. The second-order valence-corrected chi connectivity index (χ2v) is 5.88. The summed E-state index contributed by atoms with van der Waals surface area (Å²) in [6.07, 6.45) is 1.96. The predicted octanol–water partition coefficient (Wildman–Crippen LogP) is 1.66. The van der Waals surface area contributed by atoms with Crippen LogP contribution in [0.15, 0.2) is 29.4 Å². The van der Waals surface area contributed by atoms with Gasteiger partial charge in [-0.05, 0) is 30.7 Å². The Balaban J connectivity index is 2.28. The third kappa shape index (κ3) is 2.87. The van der Waals surface area contributed by atoms with Crippen molar-refractivity contribution in [3.63, 3.8) is 0 Å². The zero-order valence-corrected chi connectivity index (χ0v) is 11.6. The van der Waals surface area contributed by atoms with E-state index < -0.39 is 10.0 Å². The average Bonchev–Trinajstić information content (AvgIpc) is 2.83. The smallest absolute Gasteiger partial charge is 0.278 e. The number of hydrogen-bond donors (Lipinski definition) is 3. The van der Waals surface area contributed by atoms with Crippen molar-refractivity contribution in [1.29, 1.82) is 0 Å². The van der Waals surface area contributed by atoms with Gasteiger partial charge >= 0.3 is 0 Å². The van der Waals surface area contributed by atoms with E-state index in [0.29, 0.717) is 23.6 Å². The number of benzene rings is 1. The molecular formula is C12H16N4O2S. The molecule has 0 aliphatic heterocycles. The molecule has 0 aliphatic carbocycles. The van der Waals surface area contributed by atoms with Gasteiger partial charge in [-0.1, -0.05) is 6.92 Å². The van der Waals surface area contributed by atoms with Gasteiger partial charge in [0.15, 0.2) is 5.03 Å². The van der Waals surface area contributed by atoms with Crippen LogP contribution in [0, 0.1) is 6.92 Å². The minimum Gasteiger partial charge on any atom is -0.399 e. The molecule has 7 heteroatoms. The molecular weight excluding hydrogens is 264 g/mol. The number of nitrogens with two attached hydrogens (primary N) is 1. The number of nitrogen functional groups attached to an aromatic ring is 1. The minimum atomic E-state index is -3.64. The summed E-state index contributed by atoms with van der Waals surface area (Å²) in [5.74, 6) is 0.633. The summed E-state index contributed by atoms with van der Waals surface area (Å²) >= 11 is 0. The van der Waals surface area contributed by atoms with Crippen molar-refractivity contribution in [2.75, 3.05) is 10.5 Å². The largest absolute Gasteiger partial charge is 0.399 e. The van der Waals surface area contributed by atoms with Crippen LogP contribution in [0.5, 0.6) is 0 Å². The van der Waals surface area contributed by atoms with Gasteiger partial charge in [-0.15, -0.1) is 0 Å².